The van der Waals surface area contributed by atoms with E-state index in [0.717, 1.165) is 12.1 Å². The van der Waals surface area contributed by atoms with Crippen LogP contribution in [0.3, 0.4) is 0 Å². The van der Waals surface area contributed by atoms with Crippen molar-refractivity contribution >= 4 is 5.97 Å². The van der Waals surface area contributed by atoms with Crippen LogP contribution < -0.4 is 5.73 Å². The topological polar surface area (TPSA) is 70.8 Å². The average Bonchev–Trinajstić information content (AvgIpc) is 2.25. The maximum Gasteiger partial charge on any atom is 0.308 e. The Hall–Kier alpha value is -1.07. The number of hydrogen-bond acceptors (Lipinski definition) is 5. The summed E-state index contributed by atoms with van der Waals surface area (Å²) in [5.74, 6) is -0.231. The molecule has 0 rings (SSSR count). The van der Waals surface area contributed by atoms with Gasteiger partial charge in [-0.25, -0.2) is 0 Å². The first-order valence-corrected chi connectivity index (χ1v) is 7.04. The number of ether oxygens (including phenoxy) is 3. The normalized spacial score (nSPS) is 14.2. The zero-order chi connectivity index (χ0) is 15.6. The molecule has 0 aromatic heterocycles. The molecule has 1 unspecified atom stereocenters. The van der Waals surface area contributed by atoms with Crippen molar-refractivity contribution in [2.75, 3.05) is 19.8 Å². The van der Waals surface area contributed by atoms with Crippen LogP contribution >= 0.6 is 0 Å². The lowest BCUT2D eigenvalue weighted by Gasteiger charge is -2.19. The highest BCUT2D eigenvalue weighted by molar-refractivity contribution is 5.69. The first-order valence-electron chi connectivity index (χ1n) is 7.04. The van der Waals surface area contributed by atoms with E-state index in [9.17, 15) is 4.79 Å². The van der Waals surface area contributed by atoms with Crippen LogP contribution in [0.25, 0.3) is 0 Å². The van der Waals surface area contributed by atoms with Crippen LogP contribution in [0.1, 0.15) is 47.5 Å². The van der Waals surface area contributed by atoms with Gasteiger partial charge in [0.05, 0.1) is 25.7 Å². The standard InChI is InChI=1S/C15H29NO4/c1-12(16)6-11-19-13(2)7-9-18-10-8-14(17)20-15(3,4)5/h6,13H,7-11,16H2,1-5H3/b12-6+. The van der Waals surface area contributed by atoms with Gasteiger partial charge in [-0.3, -0.25) is 4.79 Å². The van der Waals surface area contributed by atoms with Crippen molar-refractivity contribution in [2.45, 2.75) is 59.2 Å². The van der Waals surface area contributed by atoms with Crippen molar-refractivity contribution in [3.8, 4) is 0 Å². The predicted molar refractivity (Wildman–Crippen MR) is 79.3 cm³/mol. The minimum atomic E-state index is -0.436. The largest absolute Gasteiger partial charge is 0.460 e. The molecule has 1 atom stereocenters. The zero-order valence-electron chi connectivity index (χ0n) is 13.4. The Balaban J connectivity index is 3.52. The van der Waals surface area contributed by atoms with Crippen molar-refractivity contribution < 1.29 is 19.0 Å². The first-order chi connectivity index (χ1) is 9.20. The molecular formula is C15H29NO4. The van der Waals surface area contributed by atoms with Gasteiger partial charge in [0.25, 0.3) is 0 Å². The Labute approximate surface area is 122 Å². The second kappa shape index (κ2) is 9.77. The lowest BCUT2D eigenvalue weighted by atomic mass is 10.2. The van der Waals surface area contributed by atoms with E-state index in [1.54, 1.807) is 0 Å². The highest BCUT2D eigenvalue weighted by atomic mass is 16.6. The molecule has 0 fully saturated rings. The third-order valence-electron chi connectivity index (χ3n) is 2.33. The minimum absolute atomic E-state index is 0.104. The smallest absolute Gasteiger partial charge is 0.308 e. The van der Waals surface area contributed by atoms with E-state index in [0.29, 0.717) is 19.8 Å². The van der Waals surface area contributed by atoms with Gasteiger partial charge in [-0.1, -0.05) is 0 Å². The zero-order valence-corrected chi connectivity index (χ0v) is 13.4. The Morgan fingerprint density at radius 2 is 1.95 bits per heavy atom. The van der Waals surface area contributed by atoms with E-state index in [1.165, 1.54) is 0 Å². The van der Waals surface area contributed by atoms with Gasteiger partial charge in [-0.05, 0) is 47.1 Å². The number of rotatable bonds is 9. The van der Waals surface area contributed by atoms with Crippen LogP contribution in [0.15, 0.2) is 11.8 Å². The molecule has 0 heterocycles. The van der Waals surface area contributed by atoms with E-state index >= 15 is 0 Å². The number of carbonyl (C=O) groups excluding carboxylic acids is 1. The Morgan fingerprint density at radius 3 is 2.50 bits per heavy atom. The summed E-state index contributed by atoms with van der Waals surface area (Å²) in [4.78, 5) is 11.4. The molecule has 0 radical (unpaired) electrons. The fourth-order valence-corrected chi connectivity index (χ4v) is 1.33. The summed E-state index contributed by atoms with van der Waals surface area (Å²) in [7, 11) is 0. The SMILES string of the molecule is C/C(N)=C\COC(C)CCOCCC(=O)OC(C)(C)C. The van der Waals surface area contributed by atoms with Gasteiger partial charge < -0.3 is 19.9 Å². The Morgan fingerprint density at radius 1 is 1.30 bits per heavy atom. The average molecular weight is 287 g/mol. The summed E-state index contributed by atoms with van der Waals surface area (Å²) in [6.07, 6.45) is 3.00. The third kappa shape index (κ3) is 13.4. The molecule has 0 spiro atoms. The lowest BCUT2D eigenvalue weighted by Crippen LogP contribution is -2.24. The maximum atomic E-state index is 11.4. The number of hydrogen-bond donors (Lipinski definition) is 1. The molecule has 5 nitrogen and oxygen atoms in total. The van der Waals surface area contributed by atoms with Gasteiger partial charge in [0.2, 0.25) is 0 Å². The number of carbonyl (C=O) groups is 1. The van der Waals surface area contributed by atoms with Crippen molar-refractivity contribution in [1.29, 1.82) is 0 Å². The van der Waals surface area contributed by atoms with Crippen LogP contribution in [0, 0.1) is 0 Å². The van der Waals surface area contributed by atoms with Crippen molar-refractivity contribution in [3.63, 3.8) is 0 Å². The summed E-state index contributed by atoms with van der Waals surface area (Å²) in [6.45, 7) is 10.8. The van der Waals surface area contributed by atoms with Gasteiger partial charge in [-0.2, -0.15) is 0 Å². The molecule has 2 N–H and O–H groups in total. The van der Waals surface area contributed by atoms with Crippen LogP contribution in [-0.4, -0.2) is 37.5 Å². The summed E-state index contributed by atoms with van der Waals surface area (Å²) >= 11 is 0. The summed E-state index contributed by atoms with van der Waals surface area (Å²) < 4.78 is 16.1. The van der Waals surface area contributed by atoms with E-state index in [4.69, 9.17) is 19.9 Å². The highest BCUT2D eigenvalue weighted by Gasteiger charge is 2.15. The molecule has 5 heteroatoms. The van der Waals surface area contributed by atoms with E-state index < -0.39 is 5.60 Å². The summed E-state index contributed by atoms with van der Waals surface area (Å²) in [6, 6.07) is 0. The molecule has 20 heavy (non-hydrogen) atoms. The van der Waals surface area contributed by atoms with E-state index in [-0.39, 0.29) is 18.5 Å². The highest BCUT2D eigenvalue weighted by Crippen LogP contribution is 2.08. The van der Waals surface area contributed by atoms with Crippen molar-refractivity contribution in [1.82, 2.24) is 0 Å². The molecule has 0 aromatic carbocycles. The molecule has 0 aromatic rings. The van der Waals surface area contributed by atoms with Gasteiger partial charge in [0, 0.05) is 12.3 Å². The second-order valence-corrected chi connectivity index (χ2v) is 5.83. The fourth-order valence-electron chi connectivity index (χ4n) is 1.33. The maximum absolute atomic E-state index is 11.4. The van der Waals surface area contributed by atoms with E-state index in [2.05, 4.69) is 0 Å². The van der Waals surface area contributed by atoms with Crippen LogP contribution in [-0.2, 0) is 19.0 Å². The molecule has 0 aliphatic carbocycles. The molecule has 0 saturated carbocycles. The molecule has 0 amide bonds. The van der Waals surface area contributed by atoms with Gasteiger partial charge in [0.15, 0.2) is 0 Å². The van der Waals surface area contributed by atoms with Crippen LogP contribution in [0.5, 0.6) is 0 Å². The molecule has 118 valence electrons. The molecule has 0 aliphatic rings. The van der Waals surface area contributed by atoms with Gasteiger partial charge in [0.1, 0.15) is 5.60 Å². The van der Waals surface area contributed by atoms with Crippen LogP contribution in [0.4, 0.5) is 0 Å². The number of esters is 1. The summed E-state index contributed by atoms with van der Waals surface area (Å²) in [5.41, 5.74) is 5.82. The lowest BCUT2D eigenvalue weighted by molar-refractivity contribution is -0.156. The molecule has 0 saturated heterocycles. The fraction of sp³-hybridized carbons (Fsp3) is 0.800. The van der Waals surface area contributed by atoms with Crippen molar-refractivity contribution in [2.24, 2.45) is 5.73 Å². The van der Waals surface area contributed by atoms with Gasteiger partial charge >= 0.3 is 5.97 Å². The third-order valence-corrected chi connectivity index (χ3v) is 2.33. The number of allylic oxidation sites excluding steroid dienone is 1. The first kappa shape index (κ1) is 18.9. The van der Waals surface area contributed by atoms with Crippen molar-refractivity contribution in [3.05, 3.63) is 11.8 Å². The van der Waals surface area contributed by atoms with Gasteiger partial charge in [-0.15, -0.1) is 0 Å². The predicted octanol–water partition coefficient (Wildman–Crippen LogP) is 2.39. The van der Waals surface area contributed by atoms with E-state index in [1.807, 2.05) is 40.7 Å². The quantitative estimate of drug-likeness (QED) is 0.521. The monoisotopic (exact) mass is 287 g/mol. The molecule has 0 aliphatic heterocycles. The summed E-state index contributed by atoms with van der Waals surface area (Å²) in [5, 5.41) is 0. The Bertz CT molecular complexity index is 303. The minimum Gasteiger partial charge on any atom is -0.460 e. The molecular weight excluding hydrogens is 258 g/mol. The molecule has 0 bridgehead atoms. The number of nitrogens with two attached hydrogens (primary N) is 1. The van der Waals surface area contributed by atoms with Crippen LogP contribution in [0.2, 0.25) is 0 Å². The second-order valence-electron chi connectivity index (χ2n) is 5.83. The Kier molecular flexibility index (Phi) is 9.25.